The van der Waals surface area contributed by atoms with Crippen molar-refractivity contribution in [2.75, 3.05) is 49.4 Å². The highest BCUT2D eigenvalue weighted by Gasteiger charge is 2.15. The Labute approximate surface area is 140 Å². The van der Waals surface area contributed by atoms with Crippen molar-refractivity contribution in [1.82, 2.24) is 5.32 Å². The van der Waals surface area contributed by atoms with Crippen LogP contribution in [-0.4, -0.2) is 56.3 Å². The third kappa shape index (κ3) is 4.85. The number of rotatable bonds is 6. The minimum absolute atomic E-state index is 0.0404. The Morgan fingerprint density at radius 1 is 1.50 bits per heavy atom. The monoisotopic (exact) mass is 319 g/mol. The highest BCUT2D eigenvalue weighted by atomic mass is 19.1. The molecule has 3 N–H and O–H groups in total. The molecule has 1 atom stereocenters. The first-order chi connectivity index (χ1) is 13.5. The van der Waals surface area contributed by atoms with Crippen LogP contribution in [0.1, 0.15) is 17.9 Å². The first-order valence-corrected chi connectivity index (χ1v) is 6.49. The number of nitrogens with one attached hydrogen (secondary N) is 2. The Hall–Kier alpha value is -1.86. The Morgan fingerprint density at radius 3 is 2.86 bits per heavy atom. The fraction of sp³-hybridized carbons (Fsp3) is 0.533. The average molecular weight is 319 g/mol. The number of carbonyl (C=O) groups is 1. The van der Waals surface area contributed by atoms with E-state index < -0.39 is 43.7 Å². The minimum Gasteiger partial charge on any atom is -0.389 e. The van der Waals surface area contributed by atoms with Crippen LogP contribution in [0.4, 0.5) is 15.8 Å². The molecule has 1 aromatic rings. The number of hydrogen-bond acceptors (Lipinski definition) is 5. The number of benzene rings is 1. The van der Waals surface area contributed by atoms with Crippen LogP contribution in [0, 0.1) is 5.82 Å². The van der Waals surface area contributed by atoms with Gasteiger partial charge in [-0.25, -0.2) is 4.39 Å². The molecule has 1 aliphatic rings. The van der Waals surface area contributed by atoms with Gasteiger partial charge in [0.15, 0.2) is 0 Å². The molecule has 1 aromatic carbocycles. The second-order valence-electron chi connectivity index (χ2n) is 4.50. The van der Waals surface area contributed by atoms with E-state index in [1.54, 1.807) is 0 Å². The lowest BCUT2D eigenvalue weighted by Crippen LogP contribution is -2.36. The van der Waals surface area contributed by atoms with Gasteiger partial charge in [-0.3, -0.25) is 4.79 Å². The van der Waals surface area contributed by atoms with Crippen LogP contribution in [0.5, 0.6) is 0 Å². The summed E-state index contributed by atoms with van der Waals surface area (Å²) in [6.45, 7) is -11.9. The number of hydrogen-bond donors (Lipinski definition) is 3. The van der Waals surface area contributed by atoms with Gasteiger partial charge in [-0.05, 0) is 18.2 Å². The Morgan fingerprint density at radius 2 is 2.23 bits per heavy atom. The van der Waals surface area contributed by atoms with E-state index in [4.69, 9.17) is 11.0 Å². The molecular weight excluding hydrogens is 289 g/mol. The molecule has 22 heavy (non-hydrogen) atoms. The van der Waals surface area contributed by atoms with Gasteiger partial charge < -0.3 is 25.4 Å². The van der Waals surface area contributed by atoms with Gasteiger partial charge in [0.05, 0.1) is 35.9 Å². The topological polar surface area (TPSA) is 73.8 Å². The maximum absolute atomic E-state index is 14.8. The van der Waals surface area contributed by atoms with Gasteiger partial charge in [-0.1, -0.05) is 0 Å². The van der Waals surface area contributed by atoms with Crippen LogP contribution < -0.4 is 15.5 Å². The standard InChI is InChI=1S/C15H22FN3O3/c1-11(20)17-9-13(21)10-18-12-2-3-15(14(16)8-12)19-4-6-22-7-5-19/h2-3,8,13,18,21H,4-7,9-10H2,1H3,(H,17,20)/t13-/m0/s1/i4D2,5D2,6D2,7D2. The first kappa shape index (κ1) is 8.69. The molecule has 0 unspecified atom stereocenters. The number of anilines is 2. The number of nitrogens with zero attached hydrogens (tertiary/aromatic N) is 1. The number of aliphatic hydroxyl groups is 1. The molecule has 6 nitrogen and oxygen atoms in total. The molecule has 0 radical (unpaired) electrons. The summed E-state index contributed by atoms with van der Waals surface area (Å²) in [6, 6.07) is 3.06. The van der Waals surface area contributed by atoms with Crippen molar-refractivity contribution in [3.63, 3.8) is 0 Å². The van der Waals surface area contributed by atoms with E-state index in [0.29, 0.717) is 0 Å². The van der Waals surface area contributed by atoms with Crippen molar-refractivity contribution >= 4 is 17.3 Å². The summed E-state index contributed by atoms with van der Waals surface area (Å²) in [5.41, 5.74) is -0.580. The number of morpholine rings is 1. The zero-order valence-electron chi connectivity index (χ0n) is 19.8. The zero-order chi connectivity index (χ0) is 23.1. The largest absolute Gasteiger partial charge is 0.389 e. The summed E-state index contributed by atoms with van der Waals surface area (Å²) in [5, 5.41) is 14.9. The molecule has 2 rings (SSSR count). The summed E-state index contributed by atoms with van der Waals surface area (Å²) in [5.74, 6) is -1.49. The fourth-order valence-corrected chi connectivity index (χ4v) is 1.68. The molecule has 1 heterocycles. The van der Waals surface area contributed by atoms with Crippen molar-refractivity contribution in [2.45, 2.75) is 13.0 Å². The number of amides is 1. The van der Waals surface area contributed by atoms with Crippen molar-refractivity contribution in [3.8, 4) is 0 Å². The summed E-state index contributed by atoms with van der Waals surface area (Å²) < 4.78 is 81.7. The van der Waals surface area contributed by atoms with Crippen molar-refractivity contribution < 1.29 is 30.0 Å². The van der Waals surface area contributed by atoms with E-state index >= 15 is 0 Å². The molecule has 1 amide bonds. The summed E-state index contributed by atoms with van der Waals surface area (Å²) in [7, 11) is 0. The Balaban J connectivity index is 2.31. The summed E-state index contributed by atoms with van der Waals surface area (Å²) >= 11 is 0. The molecule has 0 spiro atoms. The lowest BCUT2D eigenvalue weighted by Gasteiger charge is -2.29. The second-order valence-corrected chi connectivity index (χ2v) is 4.50. The fourth-order valence-electron chi connectivity index (χ4n) is 1.68. The third-order valence-corrected chi connectivity index (χ3v) is 2.73. The molecule has 0 saturated carbocycles. The van der Waals surface area contributed by atoms with E-state index in [2.05, 4.69) is 15.4 Å². The smallest absolute Gasteiger partial charge is 0.216 e. The molecule has 1 saturated heterocycles. The van der Waals surface area contributed by atoms with E-state index in [1.165, 1.54) is 13.0 Å². The first-order valence-electron chi connectivity index (χ1n) is 10.5. The van der Waals surface area contributed by atoms with Gasteiger partial charge in [-0.2, -0.15) is 0 Å². The number of ether oxygens (including phenoxy) is 1. The van der Waals surface area contributed by atoms with Crippen LogP contribution in [0.2, 0.25) is 0 Å². The van der Waals surface area contributed by atoms with Crippen LogP contribution >= 0.6 is 0 Å². The van der Waals surface area contributed by atoms with E-state index in [0.717, 1.165) is 12.1 Å². The quantitative estimate of drug-likeness (QED) is 0.715. The summed E-state index contributed by atoms with van der Waals surface area (Å²) in [6.07, 6.45) is -0.987. The van der Waals surface area contributed by atoms with Crippen LogP contribution in [0.25, 0.3) is 0 Å². The molecule has 122 valence electrons. The highest BCUT2D eigenvalue weighted by molar-refractivity contribution is 5.72. The highest BCUT2D eigenvalue weighted by Crippen LogP contribution is 2.23. The summed E-state index contributed by atoms with van der Waals surface area (Å²) in [4.78, 5) is 10.9. The predicted molar refractivity (Wildman–Crippen MR) is 82.6 cm³/mol. The van der Waals surface area contributed by atoms with Crippen molar-refractivity contribution in [2.24, 2.45) is 0 Å². The number of carbonyl (C=O) groups excluding carboxylic acids is 1. The van der Waals surface area contributed by atoms with Crippen molar-refractivity contribution in [3.05, 3.63) is 24.0 Å². The Bertz CT molecular complexity index is 785. The van der Waals surface area contributed by atoms with Gasteiger partial charge >= 0.3 is 0 Å². The van der Waals surface area contributed by atoms with Gasteiger partial charge in [0.1, 0.15) is 5.82 Å². The Kier molecular flexibility index (Phi) is 3.14. The van der Waals surface area contributed by atoms with Crippen LogP contribution in [0.15, 0.2) is 18.2 Å². The van der Waals surface area contributed by atoms with E-state index in [9.17, 15) is 14.3 Å². The van der Waals surface area contributed by atoms with Gasteiger partial charge in [-0.15, -0.1) is 0 Å². The molecule has 0 aliphatic carbocycles. The second kappa shape index (κ2) is 7.95. The normalized spacial score (nSPS) is 30.8. The molecule has 0 aromatic heterocycles. The zero-order valence-corrected chi connectivity index (χ0v) is 11.8. The van der Waals surface area contributed by atoms with Gasteiger partial charge in [0, 0.05) is 38.7 Å². The molecule has 1 fully saturated rings. The van der Waals surface area contributed by atoms with Gasteiger partial charge in [0.25, 0.3) is 0 Å². The van der Waals surface area contributed by atoms with Crippen LogP contribution in [0.3, 0.4) is 0 Å². The van der Waals surface area contributed by atoms with E-state index in [-0.39, 0.29) is 29.6 Å². The van der Waals surface area contributed by atoms with Crippen LogP contribution in [-0.2, 0) is 9.53 Å². The molecule has 1 aliphatic heterocycles. The van der Waals surface area contributed by atoms with Gasteiger partial charge in [0.2, 0.25) is 5.91 Å². The average Bonchev–Trinajstić information content (AvgIpc) is 2.57. The SMILES string of the molecule is [2H]C1([2H])OC([2H])([2H])C([2H])([2H])N(c2ccc(NC[C@@H](O)CNC(C)=O)cc2F)C1([2H])[2H]. The third-order valence-electron chi connectivity index (χ3n) is 2.73. The minimum atomic E-state index is -3.29. The predicted octanol–water partition coefficient (Wildman–Crippen LogP) is 0.571. The molecule has 0 bridgehead atoms. The molecule has 7 heteroatoms. The molecular formula is C15H22FN3O3. The lowest BCUT2D eigenvalue weighted by atomic mass is 10.2. The van der Waals surface area contributed by atoms with Crippen molar-refractivity contribution in [1.29, 1.82) is 0 Å². The maximum Gasteiger partial charge on any atom is 0.216 e. The number of halogens is 1. The number of aliphatic hydroxyl groups excluding tert-OH is 1. The maximum atomic E-state index is 14.8. The lowest BCUT2D eigenvalue weighted by molar-refractivity contribution is -0.119. The van der Waals surface area contributed by atoms with E-state index in [1.807, 2.05) is 0 Å².